The molecule has 2 N–H and O–H groups in total. The van der Waals surface area contributed by atoms with Gasteiger partial charge in [-0.2, -0.15) is 0 Å². The summed E-state index contributed by atoms with van der Waals surface area (Å²) in [5.74, 6) is -1.50. The van der Waals surface area contributed by atoms with Crippen molar-refractivity contribution in [1.29, 1.82) is 0 Å². The molecule has 1 rings (SSSR count). The lowest BCUT2D eigenvalue weighted by Crippen LogP contribution is -2.26. The number of carboxylic acid groups (broad SMARTS) is 1. The fraction of sp³-hybridized carbons (Fsp3) is 0.444. The molecule has 0 bridgehead atoms. The third kappa shape index (κ3) is 4.30. The van der Waals surface area contributed by atoms with Gasteiger partial charge in [0.2, 0.25) is 10.0 Å². The summed E-state index contributed by atoms with van der Waals surface area (Å²) in [6, 6.07) is 1.91. The highest BCUT2D eigenvalue weighted by atomic mass is 32.2. The molecule has 7 heteroatoms. The molecule has 0 fully saturated rings. The van der Waals surface area contributed by atoms with Crippen LogP contribution in [0.3, 0.4) is 0 Å². The van der Waals surface area contributed by atoms with E-state index in [4.69, 9.17) is 5.11 Å². The number of thiophene rings is 1. The predicted octanol–water partition coefficient (Wildman–Crippen LogP) is 0.951. The van der Waals surface area contributed by atoms with Gasteiger partial charge in [0.1, 0.15) is 0 Å². The normalized spacial score (nSPS) is 11.6. The van der Waals surface area contributed by atoms with Crippen LogP contribution in [0.4, 0.5) is 0 Å². The number of hydrogen-bond acceptors (Lipinski definition) is 4. The molecule has 1 aromatic heterocycles. The SMILES string of the molecule is Cc1ccsc1CNS(=O)(=O)CCC(=O)O. The summed E-state index contributed by atoms with van der Waals surface area (Å²) in [5.41, 5.74) is 1.03. The maximum absolute atomic E-state index is 11.4. The molecule has 1 heterocycles. The standard InChI is InChI=1S/C9H13NO4S2/c1-7-2-4-15-8(7)6-10-16(13,14)5-3-9(11)12/h2,4,10H,3,5-6H2,1H3,(H,11,12). The number of hydrogen-bond donors (Lipinski definition) is 2. The second-order valence-electron chi connectivity index (χ2n) is 3.31. The third-order valence-corrected chi connectivity index (χ3v) is 4.35. The van der Waals surface area contributed by atoms with Crippen molar-refractivity contribution in [3.8, 4) is 0 Å². The highest BCUT2D eigenvalue weighted by Crippen LogP contribution is 2.15. The van der Waals surface area contributed by atoms with Crippen LogP contribution >= 0.6 is 11.3 Å². The van der Waals surface area contributed by atoms with Crippen LogP contribution < -0.4 is 4.72 Å². The first-order valence-electron chi connectivity index (χ1n) is 4.63. The molecule has 0 saturated heterocycles. The van der Waals surface area contributed by atoms with E-state index in [2.05, 4.69) is 4.72 Å². The van der Waals surface area contributed by atoms with Gasteiger partial charge in [0.15, 0.2) is 0 Å². The van der Waals surface area contributed by atoms with E-state index in [1.54, 1.807) is 0 Å². The van der Waals surface area contributed by atoms with Crippen LogP contribution in [-0.4, -0.2) is 25.2 Å². The van der Waals surface area contributed by atoms with Crippen molar-refractivity contribution < 1.29 is 18.3 Å². The molecular weight excluding hydrogens is 250 g/mol. The van der Waals surface area contributed by atoms with Crippen LogP contribution in [0.5, 0.6) is 0 Å². The Hall–Kier alpha value is -0.920. The van der Waals surface area contributed by atoms with E-state index in [1.807, 2.05) is 18.4 Å². The zero-order valence-corrected chi connectivity index (χ0v) is 10.4. The molecule has 16 heavy (non-hydrogen) atoms. The van der Waals surface area contributed by atoms with Gasteiger partial charge in [-0.3, -0.25) is 4.79 Å². The monoisotopic (exact) mass is 263 g/mol. The van der Waals surface area contributed by atoms with E-state index in [0.29, 0.717) is 0 Å². The molecule has 0 saturated carbocycles. The first kappa shape index (κ1) is 13.1. The lowest BCUT2D eigenvalue weighted by Gasteiger charge is -2.04. The van der Waals surface area contributed by atoms with Gasteiger partial charge in [-0.05, 0) is 23.9 Å². The van der Waals surface area contributed by atoms with E-state index < -0.39 is 16.0 Å². The average Bonchev–Trinajstić information content (AvgIpc) is 2.59. The molecule has 0 aliphatic rings. The Morgan fingerprint density at radius 2 is 2.25 bits per heavy atom. The molecule has 0 amide bonds. The van der Waals surface area contributed by atoms with Crippen LogP contribution in [0, 0.1) is 6.92 Å². The minimum Gasteiger partial charge on any atom is -0.481 e. The molecule has 90 valence electrons. The Morgan fingerprint density at radius 3 is 2.75 bits per heavy atom. The lowest BCUT2D eigenvalue weighted by molar-refractivity contribution is -0.136. The van der Waals surface area contributed by atoms with Gasteiger partial charge in [-0.15, -0.1) is 11.3 Å². The maximum Gasteiger partial charge on any atom is 0.304 e. The van der Waals surface area contributed by atoms with Gasteiger partial charge in [-0.25, -0.2) is 13.1 Å². The minimum atomic E-state index is -3.49. The number of carboxylic acids is 1. The Kier molecular flexibility index (Phi) is 4.45. The summed E-state index contributed by atoms with van der Waals surface area (Å²) in [6.45, 7) is 2.13. The van der Waals surface area contributed by atoms with Gasteiger partial charge in [-0.1, -0.05) is 0 Å². The molecule has 1 aromatic rings. The van der Waals surface area contributed by atoms with E-state index >= 15 is 0 Å². The summed E-state index contributed by atoms with van der Waals surface area (Å²) in [4.78, 5) is 11.2. The summed E-state index contributed by atoms with van der Waals surface area (Å²) >= 11 is 1.47. The number of sulfonamides is 1. The van der Waals surface area contributed by atoms with Crippen molar-refractivity contribution in [1.82, 2.24) is 4.72 Å². The lowest BCUT2D eigenvalue weighted by atomic mass is 10.3. The van der Waals surface area contributed by atoms with Gasteiger partial charge in [0.25, 0.3) is 0 Å². The van der Waals surface area contributed by atoms with Crippen molar-refractivity contribution in [2.75, 3.05) is 5.75 Å². The Balaban J connectivity index is 2.48. The van der Waals surface area contributed by atoms with Crippen molar-refractivity contribution in [3.63, 3.8) is 0 Å². The molecule has 0 aliphatic heterocycles. The van der Waals surface area contributed by atoms with Crippen LogP contribution in [0.1, 0.15) is 16.9 Å². The number of rotatable bonds is 6. The fourth-order valence-corrected chi connectivity index (χ4v) is 2.94. The summed E-state index contributed by atoms with van der Waals surface area (Å²) < 4.78 is 25.1. The molecular formula is C9H13NO4S2. The van der Waals surface area contributed by atoms with Gasteiger partial charge in [0, 0.05) is 11.4 Å². The Labute approximate surface area is 98.2 Å². The molecule has 5 nitrogen and oxygen atoms in total. The number of carbonyl (C=O) groups is 1. The third-order valence-electron chi connectivity index (χ3n) is 2.01. The average molecular weight is 263 g/mol. The molecule has 0 atom stereocenters. The van der Waals surface area contributed by atoms with E-state index in [0.717, 1.165) is 10.4 Å². The van der Waals surface area contributed by atoms with Crippen molar-refractivity contribution in [3.05, 3.63) is 21.9 Å². The quantitative estimate of drug-likeness (QED) is 0.800. The summed E-state index contributed by atoms with van der Waals surface area (Å²) in [6.07, 6.45) is -0.376. The summed E-state index contributed by atoms with van der Waals surface area (Å²) in [5, 5.41) is 10.3. The van der Waals surface area contributed by atoms with Gasteiger partial charge >= 0.3 is 5.97 Å². The van der Waals surface area contributed by atoms with Crippen LogP contribution in [0.2, 0.25) is 0 Å². The largest absolute Gasteiger partial charge is 0.481 e. The summed E-state index contributed by atoms with van der Waals surface area (Å²) in [7, 11) is -3.49. The van der Waals surface area contributed by atoms with Crippen LogP contribution in [0.25, 0.3) is 0 Å². The first-order valence-corrected chi connectivity index (χ1v) is 7.16. The maximum atomic E-state index is 11.4. The molecule has 0 aromatic carbocycles. The smallest absolute Gasteiger partial charge is 0.304 e. The van der Waals surface area contributed by atoms with Gasteiger partial charge < -0.3 is 5.11 Å². The van der Waals surface area contributed by atoms with Crippen LogP contribution in [-0.2, 0) is 21.4 Å². The Morgan fingerprint density at radius 1 is 1.56 bits per heavy atom. The zero-order valence-electron chi connectivity index (χ0n) is 8.76. The second-order valence-corrected chi connectivity index (χ2v) is 6.24. The van der Waals surface area contributed by atoms with Crippen molar-refractivity contribution >= 4 is 27.3 Å². The number of nitrogens with one attached hydrogen (secondary N) is 1. The zero-order chi connectivity index (χ0) is 12.2. The Bertz CT molecular complexity index is 464. The minimum absolute atomic E-state index is 0.228. The topological polar surface area (TPSA) is 83.5 Å². The van der Waals surface area contributed by atoms with E-state index in [1.165, 1.54) is 11.3 Å². The molecule has 0 unspecified atom stereocenters. The highest BCUT2D eigenvalue weighted by Gasteiger charge is 2.13. The van der Waals surface area contributed by atoms with Crippen molar-refractivity contribution in [2.24, 2.45) is 0 Å². The molecule has 0 radical (unpaired) electrons. The first-order chi connectivity index (χ1) is 7.41. The predicted molar refractivity (Wildman–Crippen MR) is 61.9 cm³/mol. The fourth-order valence-electron chi connectivity index (χ4n) is 1.05. The number of aryl methyl sites for hydroxylation is 1. The van der Waals surface area contributed by atoms with Crippen LogP contribution in [0.15, 0.2) is 11.4 Å². The highest BCUT2D eigenvalue weighted by molar-refractivity contribution is 7.89. The molecule has 0 aliphatic carbocycles. The van der Waals surface area contributed by atoms with E-state index in [9.17, 15) is 13.2 Å². The van der Waals surface area contributed by atoms with Crippen molar-refractivity contribution in [2.45, 2.75) is 19.9 Å². The van der Waals surface area contributed by atoms with Gasteiger partial charge in [0.05, 0.1) is 12.2 Å². The van der Waals surface area contributed by atoms with E-state index in [-0.39, 0.29) is 18.7 Å². The second kappa shape index (κ2) is 5.42. The number of aliphatic carboxylic acids is 1. The molecule has 0 spiro atoms.